The Morgan fingerprint density at radius 1 is 1.14 bits per heavy atom. The van der Waals surface area contributed by atoms with Gasteiger partial charge in [-0.1, -0.05) is 18.2 Å². The van der Waals surface area contributed by atoms with Gasteiger partial charge in [0.25, 0.3) is 0 Å². The van der Waals surface area contributed by atoms with Gasteiger partial charge < -0.3 is 19.9 Å². The largest absolute Gasteiger partial charge is 0.378 e. The van der Waals surface area contributed by atoms with Crippen molar-refractivity contribution in [1.29, 1.82) is 0 Å². The van der Waals surface area contributed by atoms with Gasteiger partial charge in [-0.15, -0.1) is 5.10 Å². The first kappa shape index (κ1) is 17.8. The Labute approximate surface area is 167 Å². The molecular formula is C19H21N7O3. The molecule has 1 atom stereocenters. The van der Waals surface area contributed by atoms with Gasteiger partial charge in [-0.25, -0.2) is 14.5 Å². The number of aromatic nitrogens is 3. The van der Waals surface area contributed by atoms with Gasteiger partial charge in [0, 0.05) is 31.2 Å². The maximum atomic E-state index is 12.7. The van der Waals surface area contributed by atoms with Crippen molar-refractivity contribution in [3.05, 3.63) is 30.3 Å². The number of ether oxygens (including phenoxy) is 1. The molecule has 5 rings (SSSR count). The summed E-state index contributed by atoms with van der Waals surface area (Å²) in [7, 11) is 0. The molecule has 3 aliphatic heterocycles. The van der Waals surface area contributed by atoms with Crippen molar-refractivity contribution in [2.45, 2.75) is 6.54 Å². The van der Waals surface area contributed by atoms with Crippen LogP contribution >= 0.6 is 0 Å². The zero-order chi connectivity index (χ0) is 19.8. The summed E-state index contributed by atoms with van der Waals surface area (Å²) < 4.78 is 7.10. The fourth-order valence-corrected chi connectivity index (χ4v) is 3.82. The molecule has 2 amide bonds. The van der Waals surface area contributed by atoms with Crippen LogP contribution in [0.5, 0.6) is 0 Å². The minimum Gasteiger partial charge on any atom is -0.378 e. The molecule has 0 bridgehead atoms. The summed E-state index contributed by atoms with van der Waals surface area (Å²) in [5.41, 5.74) is 1.18. The molecule has 1 aromatic carbocycles. The van der Waals surface area contributed by atoms with Crippen LogP contribution in [0.25, 0.3) is 0 Å². The topological polar surface area (TPSA) is 105 Å². The summed E-state index contributed by atoms with van der Waals surface area (Å²) in [6.45, 7) is 3.65. The summed E-state index contributed by atoms with van der Waals surface area (Å²) in [4.78, 5) is 37.9. The van der Waals surface area contributed by atoms with Crippen LogP contribution in [-0.2, 0) is 16.1 Å². The van der Waals surface area contributed by atoms with Crippen molar-refractivity contribution in [2.75, 3.05) is 49.6 Å². The van der Waals surface area contributed by atoms with Crippen LogP contribution in [0.1, 0.15) is 0 Å². The van der Waals surface area contributed by atoms with Crippen molar-refractivity contribution in [1.82, 2.24) is 19.7 Å². The third-order valence-electron chi connectivity index (χ3n) is 5.31. The van der Waals surface area contributed by atoms with Crippen molar-refractivity contribution in [2.24, 2.45) is 10.9 Å². The Hall–Kier alpha value is -3.27. The molecule has 1 N–H and O–H groups in total. The van der Waals surface area contributed by atoms with E-state index in [1.54, 1.807) is 4.68 Å². The number of hydrogen-bond acceptors (Lipinski definition) is 7. The predicted molar refractivity (Wildman–Crippen MR) is 106 cm³/mol. The molecule has 29 heavy (non-hydrogen) atoms. The minimum atomic E-state index is -0.290. The number of hydrogen-bond donors (Lipinski definition) is 1. The van der Waals surface area contributed by atoms with E-state index in [-0.39, 0.29) is 24.3 Å². The predicted octanol–water partition coefficient (Wildman–Crippen LogP) is 0.934. The highest BCUT2D eigenvalue weighted by Crippen LogP contribution is 2.27. The highest BCUT2D eigenvalue weighted by Gasteiger charge is 2.38. The quantitative estimate of drug-likeness (QED) is 0.811. The van der Waals surface area contributed by atoms with Gasteiger partial charge in [-0.05, 0) is 12.1 Å². The average molecular weight is 395 g/mol. The minimum absolute atomic E-state index is 0.0124. The number of likely N-dealkylation sites (tertiary alicyclic amines) is 1. The number of carbonyl (C=O) groups excluding carboxylic acids is 2. The molecule has 3 aliphatic rings. The maximum absolute atomic E-state index is 12.7. The molecular weight excluding hydrogens is 374 g/mol. The summed E-state index contributed by atoms with van der Waals surface area (Å²) in [5.74, 6) is 0.724. The zero-order valence-electron chi connectivity index (χ0n) is 15.8. The smallest absolute Gasteiger partial charge is 0.322 e. The number of carbonyl (C=O) groups is 2. The van der Waals surface area contributed by atoms with Crippen molar-refractivity contribution >= 4 is 35.1 Å². The van der Waals surface area contributed by atoms with E-state index < -0.39 is 0 Å². The Morgan fingerprint density at radius 2 is 1.93 bits per heavy atom. The van der Waals surface area contributed by atoms with E-state index in [0.29, 0.717) is 49.6 Å². The lowest BCUT2D eigenvalue weighted by Gasteiger charge is -2.34. The second-order valence-corrected chi connectivity index (χ2v) is 7.29. The van der Waals surface area contributed by atoms with E-state index in [9.17, 15) is 9.59 Å². The van der Waals surface area contributed by atoms with Gasteiger partial charge in [0.2, 0.25) is 11.9 Å². The molecule has 10 nitrogen and oxygen atoms in total. The number of nitrogens with zero attached hydrogens (tertiary/aromatic N) is 6. The number of nitrogens with one attached hydrogen (secondary N) is 1. The number of morpholine rings is 1. The Kier molecular flexibility index (Phi) is 4.47. The Morgan fingerprint density at radius 3 is 2.72 bits per heavy atom. The summed E-state index contributed by atoms with van der Waals surface area (Å²) in [6.07, 6.45) is 0. The monoisotopic (exact) mass is 395 g/mol. The van der Waals surface area contributed by atoms with Crippen LogP contribution in [0.4, 0.5) is 22.4 Å². The van der Waals surface area contributed by atoms with E-state index >= 15 is 0 Å². The first-order chi connectivity index (χ1) is 14.2. The lowest BCUT2D eigenvalue weighted by Crippen LogP contribution is -2.52. The molecule has 0 radical (unpaired) electrons. The lowest BCUT2D eigenvalue weighted by molar-refractivity contribution is -0.114. The Bertz CT molecular complexity index is 965. The van der Waals surface area contributed by atoms with E-state index in [1.165, 1.54) is 4.90 Å². The van der Waals surface area contributed by atoms with E-state index in [4.69, 9.17) is 4.74 Å². The van der Waals surface area contributed by atoms with Gasteiger partial charge in [0.1, 0.15) is 0 Å². The first-order valence-corrected chi connectivity index (χ1v) is 9.68. The number of benzene rings is 1. The van der Waals surface area contributed by atoms with Crippen LogP contribution in [0.3, 0.4) is 0 Å². The third-order valence-corrected chi connectivity index (χ3v) is 5.31. The molecule has 4 heterocycles. The number of anilines is 2. The number of rotatable bonds is 2. The normalized spacial score (nSPS) is 21.3. The summed E-state index contributed by atoms with van der Waals surface area (Å²) in [5, 5.41) is 7.40. The van der Waals surface area contributed by atoms with Gasteiger partial charge >= 0.3 is 6.03 Å². The standard InChI is InChI=1S/C19H21N7O3/c27-15-12-25(19(28)20-14-4-2-1-3-5-14)10-13-11-26-17(21-16(13)15)22-18(23-26)24-6-8-29-9-7-24/h1-5,13H,6-12H2,(H,20,28). The molecule has 10 heteroatoms. The van der Waals surface area contributed by atoms with Crippen molar-refractivity contribution in [3.8, 4) is 0 Å². The van der Waals surface area contributed by atoms with E-state index in [1.807, 2.05) is 30.3 Å². The van der Waals surface area contributed by atoms with Gasteiger partial charge in [-0.3, -0.25) is 4.79 Å². The van der Waals surface area contributed by atoms with Crippen LogP contribution in [-0.4, -0.2) is 76.6 Å². The number of fused-ring (bicyclic) bond motifs is 2. The molecule has 1 unspecified atom stereocenters. The fraction of sp³-hybridized carbons (Fsp3) is 0.421. The van der Waals surface area contributed by atoms with Crippen LogP contribution in [0.2, 0.25) is 0 Å². The average Bonchev–Trinajstić information content (AvgIpc) is 3.17. The van der Waals surface area contributed by atoms with Gasteiger partial charge in [-0.2, -0.15) is 4.98 Å². The highest BCUT2D eigenvalue weighted by molar-refractivity contribution is 6.42. The maximum Gasteiger partial charge on any atom is 0.322 e. The number of amides is 2. The summed E-state index contributed by atoms with van der Waals surface area (Å²) in [6, 6.07) is 8.91. The van der Waals surface area contributed by atoms with Crippen LogP contribution in [0, 0.1) is 5.92 Å². The first-order valence-electron chi connectivity index (χ1n) is 9.68. The molecule has 150 valence electrons. The third kappa shape index (κ3) is 3.46. The van der Waals surface area contributed by atoms with Crippen LogP contribution < -0.4 is 10.2 Å². The van der Waals surface area contributed by atoms with Gasteiger partial charge in [0.05, 0.1) is 32.0 Å². The number of piperidine rings is 1. The molecule has 0 saturated carbocycles. The van der Waals surface area contributed by atoms with Gasteiger partial charge in [0.15, 0.2) is 5.78 Å². The van der Waals surface area contributed by atoms with Crippen LogP contribution in [0.15, 0.2) is 35.3 Å². The number of para-hydroxylation sites is 1. The molecule has 0 spiro atoms. The highest BCUT2D eigenvalue weighted by atomic mass is 16.5. The number of aliphatic imine (C=N–C) groups is 1. The number of Topliss-reactive ketones (excluding diaryl/α,β-unsaturated/α-hetero) is 1. The molecule has 0 aliphatic carbocycles. The van der Waals surface area contributed by atoms with Crippen molar-refractivity contribution < 1.29 is 14.3 Å². The zero-order valence-corrected chi connectivity index (χ0v) is 15.8. The fourth-order valence-electron chi connectivity index (χ4n) is 3.82. The second kappa shape index (κ2) is 7.28. The summed E-state index contributed by atoms with van der Waals surface area (Å²) >= 11 is 0. The van der Waals surface area contributed by atoms with E-state index in [0.717, 1.165) is 13.1 Å². The molecule has 2 aromatic rings. The molecule has 2 saturated heterocycles. The second-order valence-electron chi connectivity index (χ2n) is 7.29. The Balaban J connectivity index is 1.32. The number of ketones is 1. The molecule has 1 aromatic heterocycles. The van der Waals surface area contributed by atoms with Crippen molar-refractivity contribution in [3.63, 3.8) is 0 Å². The molecule has 2 fully saturated rings. The van der Waals surface area contributed by atoms with E-state index in [2.05, 4.69) is 25.3 Å². The SMILES string of the molecule is O=C1CN(C(=O)Nc2ccccc2)CC2Cn3nc(N4CCOCC4)nc3N=C12. The number of urea groups is 1. The lowest BCUT2D eigenvalue weighted by atomic mass is 9.93.